The fourth-order valence-corrected chi connectivity index (χ4v) is 4.60. The number of esters is 1. The van der Waals surface area contributed by atoms with Crippen LogP contribution < -0.4 is 5.56 Å². The van der Waals surface area contributed by atoms with Crippen LogP contribution in [0.4, 0.5) is 0 Å². The van der Waals surface area contributed by atoms with Crippen LogP contribution in [0.15, 0.2) is 59.8 Å². The number of rotatable bonds is 5. The predicted molar refractivity (Wildman–Crippen MR) is 138 cm³/mol. The number of aromatic amines is 1. The number of benzene rings is 1. The van der Waals surface area contributed by atoms with Crippen LogP contribution in [0.1, 0.15) is 55.6 Å². The van der Waals surface area contributed by atoms with Crippen LogP contribution in [-0.2, 0) is 21.4 Å². The van der Waals surface area contributed by atoms with Gasteiger partial charge >= 0.3 is 11.9 Å². The molecule has 0 spiro atoms. The second-order valence-corrected chi connectivity index (χ2v) is 10.4. The molecule has 1 N–H and O–H groups in total. The van der Waals surface area contributed by atoms with Crippen LogP contribution in [0.2, 0.25) is 0 Å². The molecule has 0 unspecified atom stereocenters. The molecule has 1 aromatic carbocycles. The minimum absolute atomic E-state index is 0.178. The van der Waals surface area contributed by atoms with E-state index in [1.807, 2.05) is 13.2 Å². The van der Waals surface area contributed by atoms with Crippen molar-refractivity contribution in [2.45, 2.75) is 51.2 Å². The maximum Gasteiger partial charge on any atom is 0.357 e. The normalized spacial score (nSPS) is 18.4. The summed E-state index contributed by atoms with van der Waals surface area (Å²) < 4.78 is 8.67. The number of fused-ring (bicyclic) bond motifs is 1. The van der Waals surface area contributed by atoms with E-state index in [1.54, 1.807) is 68.2 Å². The molecule has 11 nitrogen and oxygen atoms in total. The van der Waals surface area contributed by atoms with E-state index in [0.29, 0.717) is 29.7 Å². The number of carbonyl (C=O) groups is 2. The molecule has 1 saturated heterocycles. The first-order valence-electron chi connectivity index (χ1n) is 12.5. The first-order chi connectivity index (χ1) is 18.1. The summed E-state index contributed by atoms with van der Waals surface area (Å²) in [6.07, 6.45) is 6.19. The number of hydrogen-bond donors (Lipinski definition) is 1. The summed E-state index contributed by atoms with van der Waals surface area (Å²) >= 11 is 0. The van der Waals surface area contributed by atoms with Gasteiger partial charge in [0.1, 0.15) is 11.6 Å². The molecule has 5 rings (SSSR count). The Morgan fingerprint density at radius 1 is 1.13 bits per heavy atom. The van der Waals surface area contributed by atoms with Crippen molar-refractivity contribution in [3.63, 3.8) is 0 Å². The largest absolute Gasteiger partial charge is 0.459 e. The van der Waals surface area contributed by atoms with E-state index in [0.717, 1.165) is 11.1 Å². The topological polar surface area (TPSA) is 124 Å². The Hall–Kier alpha value is -4.25. The smallest absolute Gasteiger partial charge is 0.357 e. The maximum absolute atomic E-state index is 13.0. The van der Waals surface area contributed by atoms with Gasteiger partial charge in [0.2, 0.25) is 0 Å². The molecule has 1 fully saturated rings. The maximum atomic E-state index is 13.0. The molecule has 1 aliphatic rings. The van der Waals surface area contributed by atoms with Crippen molar-refractivity contribution in [1.29, 1.82) is 0 Å². The number of hydrogen-bond acceptors (Lipinski definition) is 8. The number of H-pyrrole nitrogens is 1. The van der Waals surface area contributed by atoms with E-state index in [2.05, 4.69) is 10.2 Å². The van der Waals surface area contributed by atoms with Gasteiger partial charge in [0.25, 0.3) is 5.56 Å². The third-order valence-corrected chi connectivity index (χ3v) is 6.38. The number of hydroxylamine groups is 2. The number of carbonyl (C=O) groups excluding carboxylic acids is 2. The van der Waals surface area contributed by atoms with Crippen LogP contribution in [0.3, 0.4) is 0 Å². The van der Waals surface area contributed by atoms with Gasteiger partial charge in [-0.15, -0.1) is 5.06 Å². The van der Waals surface area contributed by atoms with E-state index < -0.39 is 23.6 Å². The van der Waals surface area contributed by atoms with Crippen LogP contribution in [-0.4, -0.2) is 59.6 Å². The summed E-state index contributed by atoms with van der Waals surface area (Å²) in [6.45, 7) is 5.55. The highest BCUT2D eigenvalue weighted by Crippen LogP contribution is 2.32. The standard InChI is InChI=1S/C27H30N6O5/c1-27(2,3)37-26(36)22-11-10-18(16-32(22)38-25(35)17-8-6-5-7-9-17)21-12-23(34)33-24(30-21)20(14-29-33)19-13-28-31(4)15-19/h5-9,12-15,18,22,29H,10-11,16H2,1-4H3/t18-,22-/m0/s1. The molecular formula is C27H30N6O5. The van der Waals surface area contributed by atoms with Crippen molar-refractivity contribution in [3.8, 4) is 11.1 Å². The number of aromatic nitrogens is 5. The van der Waals surface area contributed by atoms with E-state index in [-0.39, 0.29) is 18.0 Å². The molecule has 198 valence electrons. The van der Waals surface area contributed by atoms with Gasteiger partial charge in [-0.1, -0.05) is 18.2 Å². The van der Waals surface area contributed by atoms with Gasteiger partial charge in [0.15, 0.2) is 5.65 Å². The molecule has 2 atom stereocenters. The van der Waals surface area contributed by atoms with E-state index >= 15 is 0 Å². The van der Waals surface area contributed by atoms with Crippen molar-refractivity contribution in [1.82, 2.24) is 29.4 Å². The summed E-state index contributed by atoms with van der Waals surface area (Å²) in [5.74, 6) is -1.30. The Morgan fingerprint density at radius 2 is 1.89 bits per heavy atom. The Bertz CT molecular complexity index is 1530. The first-order valence-corrected chi connectivity index (χ1v) is 12.5. The summed E-state index contributed by atoms with van der Waals surface area (Å²) in [5, 5.41) is 8.55. The lowest BCUT2D eigenvalue weighted by molar-refractivity contribution is -0.192. The molecule has 0 saturated carbocycles. The van der Waals surface area contributed by atoms with Gasteiger partial charge < -0.3 is 9.57 Å². The van der Waals surface area contributed by atoms with Gasteiger partial charge in [0, 0.05) is 49.1 Å². The number of aryl methyl sites for hydroxylation is 1. The average Bonchev–Trinajstić information content (AvgIpc) is 3.49. The molecule has 0 radical (unpaired) electrons. The molecule has 1 aliphatic heterocycles. The molecule has 0 amide bonds. The average molecular weight is 519 g/mol. The Kier molecular flexibility index (Phi) is 6.62. The Morgan fingerprint density at radius 3 is 2.58 bits per heavy atom. The van der Waals surface area contributed by atoms with Crippen molar-refractivity contribution in [3.05, 3.63) is 76.6 Å². The molecule has 4 heterocycles. The molecule has 11 heteroatoms. The van der Waals surface area contributed by atoms with E-state index in [9.17, 15) is 14.4 Å². The zero-order chi connectivity index (χ0) is 27.0. The van der Waals surface area contributed by atoms with Gasteiger partial charge in [-0.2, -0.15) is 5.10 Å². The molecule has 38 heavy (non-hydrogen) atoms. The first kappa shape index (κ1) is 25.4. The number of nitrogens with one attached hydrogen (secondary N) is 1. The summed E-state index contributed by atoms with van der Waals surface area (Å²) in [4.78, 5) is 49.5. The lowest BCUT2D eigenvalue weighted by Gasteiger charge is -2.37. The minimum atomic E-state index is -0.777. The Balaban J connectivity index is 1.46. The van der Waals surface area contributed by atoms with Gasteiger partial charge in [-0.3, -0.25) is 19.4 Å². The molecule has 3 aromatic heterocycles. The second-order valence-electron chi connectivity index (χ2n) is 10.4. The van der Waals surface area contributed by atoms with E-state index in [4.69, 9.17) is 14.6 Å². The van der Waals surface area contributed by atoms with Crippen molar-refractivity contribution >= 4 is 17.6 Å². The van der Waals surface area contributed by atoms with E-state index in [1.165, 1.54) is 15.6 Å². The molecule has 0 bridgehead atoms. The van der Waals surface area contributed by atoms with Crippen molar-refractivity contribution in [2.75, 3.05) is 6.54 Å². The quantitative estimate of drug-likeness (QED) is 0.400. The SMILES string of the molecule is Cn1cc(-c2c[nH]n3c(=O)cc([C@H]4CC[C@@H](C(=O)OC(C)(C)C)N(OC(=O)c5ccccc5)C4)nc23)cn1. The van der Waals surface area contributed by atoms with Crippen molar-refractivity contribution < 1.29 is 19.2 Å². The highest BCUT2D eigenvalue weighted by molar-refractivity contribution is 5.89. The zero-order valence-electron chi connectivity index (χ0n) is 21.7. The van der Waals surface area contributed by atoms with Crippen molar-refractivity contribution in [2.24, 2.45) is 7.05 Å². The fraction of sp³-hybridized carbons (Fsp3) is 0.370. The van der Waals surface area contributed by atoms with Crippen LogP contribution in [0.5, 0.6) is 0 Å². The monoisotopic (exact) mass is 518 g/mol. The number of nitrogens with zero attached hydrogens (tertiary/aromatic N) is 5. The summed E-state index contributed by atoms with van der Waals surface area (Å²) in [7, 11) is 1.82. The van der Waals surface area contributed by atoms with Crippen LogP contribution in [0, 0.1) is 0 Å². The predicted octanol–water partition coefficient (Wildman–Crippen LogP) is 3.08. The van der Waals surface area contributed by atoms with Gasteiger partial charge in [-0.25, -0.2) is 14.3 Å². The highest BCUT2D eigenvalue weighted by atomic mass is 16.7. The zero-order valence-corrected chi connectivity index (χ0v) is 21.7. The van der Waals surface area contributed by atoms with Crippen LogP contribution in [0.25, 0.3) is 16.8 Å². The molecule has 0 aliphatic carbocycles. The fourth-order valence-electron chi connectivity index (χ4n) is 4.60. The highest BCUT2D eigenvalue weighted by Gasteiger charge is 2.39. The van der Waals surface area contributed by atoms with Crippen LogP contribution >= 0.6 is 0 Å². The summed E-state index contributed by atoms with van der Waals surface area (Å²) in [6, 6.07) is 9.28. The second kappa shape index (κ2) is 9.90. The molecular weight excluding hydrogens is 488 g/mol. The number of ether oxygens (including phenoxy) is 1. The third-order valence-electron chi connectivity index (χ3n) is 6.38. The summed E-state index contributed by atoms with van der Waals surface area (Å²) in [5.41, 5.74) is 2.01. The number of piperidine rings is 1. The van der Waals surface area contributed by atoms with Gasteiger partial charge in [-0.05, 0) is 45.7 Å². The lowest BCUT2D eigenvalue weighted by Crippen LogP contribution is -2.50. The lowest BCUT2D eigenvalue weighted by atomic mass is 9.91. The molecule has 4 aromatic rings. The van der Waals surface area contributed by atoms with Gasteiger partial charge in [0.05, 0.1) is 17.5 Å². The third kappa shape index (κ3) is 5.23. The minimum Gasteiger partial charge on any atom is -0.459 e. The Labute approximate surface area is 218 Å².